The molecule has 25 heavy (non-hydrogen) atoms. The van der Waals surface area contributed by atoms with Crippen LogP contribution in [0.25, 0.3) is 16.2 Å². The van der Waals surface area contributed by atoms with Crippen LogP contribution in [0.5, 0.6) is 5.75 Å². The van der Waals surface area contributed by atoms with Crippen LogP contribution in [-0.4, -0.2) is 45.5 Å². The maximum Gasteiger partial charge on any atom is 0.214 e. The normalized spacial score (nSPS) is 17.2. The average Bonchev–Trinajstić information content (AvgIpc) is 3.15. The highest BCUT2D eigenvalue weighted by Gasteiger charge is 2.29. The monoisotopic (exact) mass is 362 g/mol. The van der Waals surface area contributed by atoms with Crippen LogP contribution in [0.3, 0.4) is 0 Å². The molecular weight excluding hydrogens is 343 g/mol. The van der Waals surface area contributed by atoms with Crippen molar-refractivity contribution in [2.45, 2.75) is 25.4 Å². The Morgan fingerprint density at radius 2 is 2.08 bits per heavy atom. The molecule has 0 atom stereocenters. The van der Waals surface area contributed by atoms with E-state index in [4.69, 9.17) is 4.74 Å². The fourth-order valence-corrected chi connectivity index (χ4v) is 3.98. The Balaban J connectivity index is 1.70. The Morgan fingerprint density at radius 3 is 2.80 bits per heavy atom. The van der Waals surface area contributed by atoms with E-state index in [2.05, 4.69) is 15.0 Å². The summed E-state index contributed by atoms with van der Waals surface area (Å²) in [5, 5.41) is 15.7. The second kappa shape index (κ2) is 5.96. The minimum atomic E-state index is -0.597. The highest BCUT2D eigenvalue weighted by molar-refractivity contribution is 7.20. The van der Waals surface area contributed by atoms with Crippen LogP contribution in [0.2, 0.25) is 0 Å². The van der Waals surface area contributed by atoms with Gasteiger partial charge in [0.2, 0.25) is 10.1 Å². The van der Waals surface area contributed by atoms with Gasteiger partial charge in [0.25, 0.3) is 0 Å². The summed E-state index contributed by atoms with van der Waals surface area (Å²) in [5.74, 6) is 0.103. The van der Waals surface area contributed by atoms with E-state index in [1.54, 1.807) is 16.8 Å². The van der Waals surface area contributed by atoms with Gasteiger partial charge in [0.05, 0.1) is 24.6 Å². The van der Waals surface area contributed by atoms with E-state index in [0.717, 1.165) is 34.4 Å². The molecule has 0 radical (unpaired) electrons. The predicted octanol–water partition coefficient (Wildman–Crippen LogP) is 2.96. The Hall–Kier alpha value is -2.19. The number of aliphatic hydroxyl groups is 1. The van der Waals surface area contributed by atoms with E-state index in [1.807, 2.05) is 6.92 Å². The summed E-state index contributed by atoms with van der Waals surface area (Å²) >= 11 is 1.51. The van der Waals surface area contributed by atoms with Gasteiger partial charge in [-0.2, -0.15) is 0 Å². The molecule has 4 rings (SSSR count). The lowest BCUT2D eigenvalue weighted by Gasteiger charge is -2.35. The number of benzene rings is 1. The molecule has 1 N–H and O–H groups in total. The van der Waals surface area contributed by atoms with Crippen molar-refractivity contribution in [2.75, 3.05) is 25.1 Å². The number of anilines is 1. The first-order chi connectivity index (χ1) is 12.0. The van der Waals surface area contributed by atoms with Crippen LogP contribution in [0.4, 0.5) is 9.52 Å². The molecule has 6 nitrogen and oxygen atoms in total. The second-order valence-corrected chi connectivity index (χ2v) is 7.49. The van der Waals surface area contributed by atoms with E-state index in [9.17, 15) is 9.50 Å². The van der Waals surface area contributed by atoms with E-state index >= 15 is 0 Å². The van der Waals surface area contributed by atoms with E-state index < -0.39 is 5.60 Å². The lowest BCUT2D eigenvalue weighted by atomic mass is 9.94. The molecule has 0 bridgehead atoms. The minimum Gasteiger partial charge on any atom is -0.496 e. The third-order valence-corrected chi connectivity index (χ3v) is 5.61. The van der Waals surface area contributed by atoms with Crippen LogP contribution < -0.4 is 9.64 Å². The van der Waals surface area contributed by atoms with Gasteiger partial charge in [-0.25, -0.2) is 13.9 Å². The molecule has 1 fully saturated rings. The lowest BCUT2D eigenvalue weighted by Crippen LogP contribution is -2.42. The number of ether oxygens (including phenoxy) is 1. The van der Waals surface area contributed by atoms with Crippen LogP contribution in [0.1, 0.15) is 19.8 Å². The molecule has 0 unspecified atom stereocenters. The maximum atomic E-state index is 13.5. The van der Waals surface area contributed by atoms with Gasteiger partial charge >= 0.3 is 0 Å². The molecule has 1 aromatic carbocycles. The second-order valence-electron chi connectivity index (χ2n) is 6.55. The Kier molecular flexibility index (Phi) is 3.88. The molecule has 3 aromatic rings. The third-order valence-electron chi connectivity index (χ3n) is 4.63. The first-order valence-electron chi connectivity index (χ1n) is 8.13. The quantitative estimate of drug-likeness (QED) is 0.776. The standard InChI is InChI=1S/C17H19FN4O2S/c1-17(23)5-7-21(8-6-17)16-20-22-13(10-19-15(22)25-16)12-4-3-11(18)9-14(12)24-2/h3-4,9-10,23H,5-8H2,1-2H3. The zero-order valence-corrected chi connectivity index (χ0v) is 14.9. The van der Waals surface area contributed by atoms with Crippen LogP contribution >= 0.6 is 11.3 Å². The van der Waals surface area contributed by atoms with Crippen molar-refractivity contribution in [3.8, 4) is 17.0 Å². The van der Waals surface area contributed by atoms with Crippen LogP contribution in [0.15, 0.2) is 24.4 Å². The van der Waals surface area contributed by atoms with Crippen molar-refractivity contribution in [3.05, 3.63) is 30.2 Å². The molecule has 1 aliphatic heterocycles. The van der Waals surface area contributed by atoms with Crippen molar-refractivity contribution < 1.29 is 14.2 Å². The van der Waals surface area contributed by atoms with Gasteiger partial charge in [-0.15, -0.1) is 5.10 Å². The summed E-state index contributed by atoms with van der Waals surface area (Å²) in [6.07, 6.45) is 3.15. The Morgan fingerprint density at radius 1 is 1.32 bits per heavy atom. The molecule has 132 valence electrons. The fourth-order valence-electron chi connectivity index (χ4n) is 3.05. The number of hydrogen-bond acceptors (Lipinski definition) is 6. The van der Waals surface area contributed by atoms with Crippen molar-refractivity contribution in [1.29, 1.82) is 0 Å². The van der Waals surface area contributed by atoms with E-state index in [-0.39, 0.29) is 5.82 Å². The summed E-state index contributed by atoms with van der Waals surface area (Å²) in [5.41, 5.74) is 0.911. The number of halogens is 1. The van der Waals surface area contributed by atoms with Gasteiger partial charge in [0, 0.05) is 24.7 Å². The predicted molar refractivity (Wildman–Crippen MR) is 94.9 cm³/mol. The fraction of sp³-hybridized carbons (Fsp3) is 0.412. The minimum absolute atomic E-state index is 0.347. The molecule has 0 spiro atoms. The third kappa shape index (κ3) is 2.96. The Labute approximate surface area is 148 Å². The van der Waals surface area contributed by atoms with Gasteiger partial charge in [-0.05, 0) is 31.9 Å². The number of aromatic nitrogens is 3. The molecule has 2 aromatic heterocycles. The summed E-state index contributed by atoms with van der Waals surface area (Å²) in [6.45, 7) is 3.40. The molecular formula is C17H19FN4O2S. The molecule has 3 heterocycles. The van der Waals surface area contributed by atoms with Gasteiger partial charge in [-0.1, -0.05) is 11.3 Å². The average molecular weight is 362 g/mol. The maximum absolute atomic E-state index is 13.5. The molecule has 1 aliphatic rings. The SMILES string of the molecule is COc1cc(F)ccc1-c1cnc2sc(N3CCC(C)(O)CC3)nn12. The number of fused-ring (bicyclic) bond motifs is 1. The number of imidazole rings is 1. The first-order valence-corrected chi connectivity index (χ1v) is 8.94. The summed E-state index contributed by atoms with van der Waals surface area (Å²) in [6, 6.07) is 4.43. The zero-order valence-electron chi connectivity index (χ0n) is 14.1. The summed E-state index contributed by atoms with van der Waals surface area (Å²) in [4.78, 5) is 7.37. The summed E-state index contributed by atoms with van der Waals surface area (Å²) in [7, 11) is 1.52. The smallest absolute Gasteiger partial charge is 0.214 e. The summed E-state index contributed by atoms with van der Waals surface area (Å²) < 4.78 is 20.5. The number of rotatable bonds is 3. The number of nitrogens with zero attached hydrogens (tertiary/aromatic N) is 4. The van der Waals surface area contributed by atoms with Gasteiger partial charge in [0.1, 0.15) is 11.6 Å². The van der Waals surface area contributed by atoms with E-state index in [0.29, 0.717) is 18.6 Å². The lowest BCUT2D eigenvalue weighted by molar-refractivity contribution is 0.0351. The molecule has 1 saturated heterocycles. The highest BCUT2D eigenvalue weighted by Crippen LogP contribution is 2.34. The van der Waals surface area contributed by atoms with Crippen molar-refractivity contribution >= 4 is 21.4 Å². The molecule has 0 aliphatic carbocycles. The van der Waals surface area contributed by atoms with E-state index in [1.165, 1.54) is 30.6 Å². The molecule has 8 heteroatoms. The topological polar surface area (TPSA) is 62.9 Å². The van der Waals surface area contributed by atoms with Gasteiger partial charge < -0.3 is 14.7 Å². The van der Waals surface area contributed by atoms with Gasteiger partial charge in [-0.3, -0.25) is 0 Å². The molecule has 0 amide bonds. The Bertz CT molecular complexity index is 911. The zero-order chi connectivity index (χ0) is 17.6. The number of piperidine rings is 1. The van der Waals surface area contributed by atoms with Crippen LogP contribution in [-0.2, 0) is 0 Å². The number of hydrogen-bond donors (Lipinski definition) is 1. The largest absolute Gasteiger partial charge is 0.496 e. The highest BCUT2D eigenvalue weighted by atomic mass is 32.1. The number of methoxy groups -OCH3 is 1. The molecule has 0 saturated carbocycles. The van der Waals surface area contributed by atoms with Crippen molar-refractivity contribution in [1.82, 2.24) is 14.6 Å². The van der Waals surface area contributed by atoms with Gasteiger partial charge in [0.15, 0.2) is 0 Å². The van der Waals surface area contributed by atoms with Crippen LogP contribution in [0, 0.1) is 5.82 Å². The van der Waals surface area contributed by atoms with Crippen molar-refractivity contribution in [2.24, 2.45) is 0 Å². The first kappa shape index (κ1) is 16.3. The van der Waals surface area contributed by atoms with Crippen molar-refractivity contribution in [3.63, 3.8) is 0 Å².